The van der Waals surface area contributed by atoms with Gasteiger partial charge in [-0.15, -0.1) is 0 Å². The minimum Gasteiger partial charge on any atom is -0.494 e. The van der Waals surface area contributed by atoms with Crippen molar-refractivity contribution in [3.8, 4) is 5.75 Å². The number of nitrogens with zero attached hydrogens (tertiary/aromatic N) is 4. The first-order valence-electron chi connectivity index (χ1n) is 12.3. The first-order valence-corrected chi connectivity index (χ1v) is 12.3. The molecule has 1 aliphatic heterocycles. The van der Waals surface area contributed by atoms with E-state index in [1.165, 1.54) is 19.3 Å². The number of hydrogen-bond donors (Lipinski definition) is 0. The largest absolute Gasteiger partial charge is 0.494 e. The van der Waals surface area contributed by atoms with Crippen LogP contribution < -0.4 is 9.64 Å². The molecule has 0 N–H and O–H groups in total. The lowest BCUT2D eigenvalue weighted by molar-refractivity contribution is -0.127. The van der Waals surface area contributed by atoms with E-state index in [4.69, 9.17) is 9.26 Å². The number of carbonyl (C=O) groups excluding carboxylic acids is 1. The Morgan fingerprint density at radius 3 is 2.67 bits per heavy atom. The monoisotopic (exact) mass is 454 g/mol. The van der Waals surface area contributed by atoms with Crippen molar-refractivity contribution in [2.45, 2.75) is 58.8 Å². The van der Waals surface area contributed by atoms with E-state index in [1.807, 2.05) is 19.1 Å². The van der Waals surface area contributed by atoms with E-state index in [-0.39, 0.29) is 5.91 Å². The van der Waals surface area contributed by atoms with Crippen LogP contribution in [0.5, 0.6) is 5.75 Å². The van der Waals surface area contributed by atoms with Gasteiger partial charge in [0.25, 0.3) is 0 Å². The Kier molecular flexibility index (Phi) is 7.25. The Bertz CT molecular complexity index is 947. The lowest BCUT2D eigenvalue weighted by Crippen LogP contribution is -2.34. The predicted octanol–water partition coefficient (Wildman–Crippen LogP) is 4.45. The maximum Gasteiger partial charge on any atom is 0.324 e. The fraction of sp³-hybridized carbons (Fsp3) is 0.654. The van der Waals surface area contributed by atoms with Gasteiger partial charge in [0.15, 0.2) is 5.82 Å². The van der Waals surface area contributed by atoms with Crippen LogP contribution in [-0.4, -0.2) is 54.7 Å². The van der Waals surface area contributed by atoms with Crippen LogP contribution in [0.3, 0.4) is 0 Å². The standard InChI is InChI=1S/C26H38N4O3/c1-17(2)25-27-26(33-28-25)30-11-8-19(9-12-30)23-15-21(23)10-13-32-22-7-6-20(18(3)14-22)16-24(31)29(4)5/h6-7,14,17,19,21,23H,8-13,15-16H2,1-5H3. The van der Waals surface area contributed by atoms with E-state index in [0.717, 1.165) is 66.6 Å². The van der Waals surface area contributed by atoms with Gasteiger partial charge < -0.3 is 19.1 Å². The zero-order valence-electron chi connectivity index (χ0n) is 20.7. The summed E-state index contributed by atoms with van der Waals surface area (Å²) in [6, 6.07) is 6.76. The highest BCUT2D eigenvalue weighted by molar-refractivity contribution is 5.78. The molecule has 180 valence electrons. The summed E-state index contributed by atoms with van der Waals surface area (Å²) in [6.07, 6.45) is 5.29. The average Bonchev–Trinajstić information content (AvgIpc) is 3.38. The molecule has 4 rings (SSSR count). The quantitative estimate of drug-likeness (QED) is 0.557. The number of piperidine rings is 1. The van der Waals surface area contributed by atoms with E-state index < -0.39 is 0 Å². The van der Waals surface area contributed by atoms with Gasteiger partial charge in [-0.1, -0.05) is 25.1 Å². The molecule has 2 aromatic rings. The third-order valence-corrected chi connectivity index (χ3v) is 7.25. The number of aromatic nitrogens is 2. The van der Waals surface area contributed by atoms with Gasteiger partial charge in [-0.05, 0) is 73.6 Å². The number of aryl methyl sites for hydroxylation is 1. The average molecular weight is 455 g/mol. The number of rotatable bonds is 9. The summed E-state index contributed by atoms with van der Waals surface area (Å²) in [7, 11) is 3.58. The van der Waals surface area contributed by atoms with Gasteiger partial charge in [0.2, 0.25) is 5.91 Å². The molecule has 2 unspecified atom stereocenters. The van der Waals surface area contributed by atoms with E-state index in [0.29, 0.717) is 18.4 Å². The number of amides is 1. The molecular weight excluding hydrogens is 416 g/mol. The van der Waals surface area contributed by atoms with Crippen molar-refractivity contribution in [3.63, 3.8) is 0 Å². The van der Waals surface area contributed by atoms with Crippen LogP contribution in [0.1, 0.15) is 62.4 Å². The zero-order chi connectivity index (χ0) is 23.5. The molecule has 0 spiro atoms. The van der Waals surface area contributed by atoms with Crippen LogP contribution in [0.2, 0.25) is 0 Å². The van der Waals surface area contributed by atoms with E-state index in [9.17, 15) is 4.79 Å². The van der Waals surface area contributed by atoms with Gasteiger partial charge in [0, 0.05) is 33.1 Å². The molecular formula is C26H38N4O3. The van der Waals surface area contributed by atoms with Crippen LogP contribution in [-0.2, 0) is 11.2 Å². The molecule has 1 aromatic heterocycles. The van der Waals surface area contributed by atoms with Gasteiger partial charge in [-0.3, -0.25) is 4.79 Å². The van der Waals surface area contributed by atoms with Crippen LogP contribution >= 0.6 is 0 Å². The van der Waals surface area contributed by atoms with Gasteiger partial charge in [0.1, 0.15) is 5.75 Å². The minimum atomic E-state index is 0.120. The summed E-state index contributed by atoms with van der Waals surface area (Å²) in [5, 5.41) is 4.10. The second kappa shape index (κ2) is 10.1. The number of carbonyl (C=O) groups is 1. The van der Waals surface area contributed by atoms with Gasteiger partial charge >= 0.3 is 6.01 Å². The Hall–Kier alpha value is -2.57. The molecule has 1 saturated heterocycles. The third-order valence-electron chi connectivity index (χ3n) is 7.25. The molecule has 1 aromatic carbocycles. The van der Waals surface area contributed by atoms with Crippen molar-refractivity contribution in [1.82, 2.24) is 15.0 Å². The summed E-state index contributed by atoms with van der Waals surface area (Å²) in [4.78, 5) is 20.4. The Morgan fingerprint density at radius 2 is 2.03 bits per heavy atom. The Balaban J connectivity index is 1.17. The SMILES string of the molecule is Cc1cc(OCCC2CC2C2CCN(c3nc(C(C)C)no3)CC2)ccc1CC(=O)N(C)C. The first-order chi connectivity index (χ1) is 15.8. The van der Waals surface area contributed by atoms with Gasteiger partial charge in [-0.2, -0.15) is 4.98 Å². The second-order valence-electron chi connectivity index (χ2n) is 10.3. The van der Waals surface area contributed by atoms with Crippen LogP contribution in [0.25, 0.3) is 0 Å². The maximum absolute atomic E-state index is 12.0. The molecule has 7 heteroatoms. The van der Waals surface area contributed by atoms with Crippen molar-refractivity contribution in [2.24, 2.45) is 17.8 Å². The lowest BCUT2D eigenvalue weighted by Gasteiger charge is -2.30. The molecule has 2 fully saturated rings. The van der Waals surface area contributed by atoms with E-state index >= 15 is 0 Å². The van der Waals surface area contributed by atoms with Crippen LogP contribution in [0, 0.1) is 24.7 Å². The highest BCUT2D eigenvalue weighted by Crippen LogP contribution is 2.50. The molecule has 7 nitrogen and oxygen atoms in total. The summed E-state index contributed by atoms with van der Waals surface area (Å²) in [6.45, 7) is 8.99. The smallest absolute Gasteiger partial charge is 0.324 e. The highest BCUT2D eigenvalue weighted by Gasteiger charge is 2.43. The molecule has 0 radical (unpaired) electrons. The molecule has 0 bridgehead atoms. The number of likely N-dealkylation sites (N-methyl/N-ethyl adjacent to an activating group) is 1. The number of hydrogen-bond acceptors (Lipinski definition) is 6. The number of benzene rings is 1. The van der Waals surface area contributed by atoms with Crippen molar-refractivity contribution in [2.75, 3.05) is 38.7 Å². The second-order valence-corrected chi connectivity index (χ2v) is 10.3. The zero-order valence-corrected chi connectivity index (χ0v) is 20.7. The topological polar surface area (TPSA) is 71.7 Å². The summed E-state index contributed by atoms with van der Waals surface area (Å²) in [5.74, 6) is 4.54. The summed E-state index contributed by atoms with van der Waals surface area (Å²) < 4.78 is 11.5. The van der Waals surface area contributed by atoms with E-state index in [2.05, 4.69) is 35.0 Å². The number of anilines is 1. The van der Waals surface area contributed by atoms with Crippen molar-refractivity contribution in [3.05, 3.63) is 35.2 Å². The summed E-state index contributed by atoms with van der Waals surface area (Å²) >= 11 is 0. The number of ether oxygens (including phenoxy) is 1. The summed E-state index contributed by atoms with van der Waals surface area (Å²) in [5.41, 5.74) is 2.18. The van der Waals surface area contributed by atoms with Crippen molar-refractivity contribution in [1.29, 1.82) is 0 Å². The normalized spacial score (nSPS) is 20.8. The molecule has 1 saturated carbocycles. The molecule has 2 atom stereocenters. The third kappa shape index (κ3) is 5.87. The molecule has 1 aliphatic carbocycles. The van der Waals surface area contributed by atoms with Crippen molar-refractivity contribution < 1.29 is 14.1 Å². The lowest BCUT2D eigenvalue weighted by atomic mass is 9.90. The van der Waals surface area contributed by atoms with E-state index in [1.54, 1.807) is 19.0 Å². The van der Waals surface area contributed by atoms with Crippen LogP contribution in [0.15, 0.2) is 22.7 Å². The highest BCUT2D eigenvalue weighted by atomic mass is 16.5. The predicted molar refractivity (Wildman–Crippen MR) is 129 cm³/mol. The molecule has 2 aliphatic rings. The van der Waals surface area contributed by atoms with Gasteiger partial charge in [0.05, 0.1) is 13.0 Å². The minimum absolute atomic E-state index is 0.120. The van der Waals surface area contributed by atoms with Crippen LogP contribution in [0.4, 0.5) is 6.01 Å². The Labute approximate surface area is 197 Å². The fourth-order valence-electron chi connectivity index (χ4n) is 4.89. The maximum atomic E-state index is 12.0. The Morgan fingerprint density at radius 1 is 1.27 bits per heavy atom. The first kappa shape index (κ1) is 23.6. The molecule has 33 heavy (non-hydrogen) atoms. The molecule has 1 amide bonds. The fourth-order valence-corrected chi connectivity index (χ4v) is 4.89. The molecule has 2 heterocycles. The van der Waals surface area contributed by atoms with Gasteiger partial charge in [-0.25, -0.2) is 0 Å². The van der Waals surface area contributed by atoms with Crippen molar-refractivity contribution >= 4 is 11.9 Å².